The topological polar surface area (TPSA) is 206 Å². The number of piperidine rings is 2. The van der Waals surface area contributed by atoms with Crippen molar-refractivity contribution in [3.05, 3.63) is 70.2 Å². The van der Waals surface area contributed by atoms with E-state index in [4.69, 9.17) is 18.9 Å². The molecule has 3 aromatic rings. The summed E-state index contributed by atoms with van der Waals surface area (Å²) in [6.45, 7) is 16.1. The zero-order valence-corrected chi connectivity index (χ0v) is 39.1. The van der Waals surface area contributed by atoms with Gasteiger partial charge in [-0.1, -0.05) is 27.7 Å². The zero-order chi connectivity index (χ0) is 47.2. The molecule has 2 aromatic carbocycles. The van der Waals surface area contributed by atoms with Gasteiger partial charge in [0.1, 0.15) is 35.5 Å². The third-order valence-corrected chi connectivity index (χ3v) is 14.5. The molecule has 5 amide bonds. The van der Waals surface area contributed by atoms with E-state index < -0.39 is 29.7 Å². The number of anilines is 1. The van der Waals surface area contributed by atoms with Crippen molar-refractivity contribution in [2.75, 3.05) is 51.9 Å². The van der Waals surface area contributed by atoms with Crippen LogP contribution in [0.1, 0.15) is 114 Å². The number of nitrogens with one attached hydrogen (secondary N) is 2. The van der Waals surface area contributed by atoms with Crippen molar-refractivity contribution in [1.82, 2.24) is 30.4 Å². The smallest absolute Gasteiger partial charge is 0.271 e. The summed E-state index contributed by atoms with van der Waals surface area (Å²) in [5.41, 5.74) is 2.18. The van der Waals surface area contributed by atoms with E-state index in [2.05, 4.69) is 64.2 Å². The minimum atomic E-state index is -1.06. The molecule has 17 nitrogen and oxygen atoms in total. The number of carbonyl (C=O) groups is 5. The van der Waals surface area contributed by atoms with E-state index >= 15 is 0 Å². The van der Waals surface area contributed by atoms with E-state index in [0.717, 1.165) is 73.7 Å². The average Bonchev–Trinajstić information content (AvgIpc) is 3.51. The van der Waals surface area contributed by atoms with Crippen molar-refractivity contribution in [1.29, 1.82) is 5.26 Å². The Hall–Kier alpha value is -6.12. The Morgan fingerprint density at radius 3 is 2.14 bits per heavy atom. The molecule has 4 heterocycles. The quantitative estimate of drug-likeness (QED) is 0.198. The van der Waals surface area contributed by atoms with Crippen LogP contribution in [0.4, 0.5) is 5.82 Å². The van der Waals surface area contributed by atoms with Crippen LogP contribution in [0.5, 0.6) is 17.2 Å². The Kier molecular flexibility index (Phi) is 12.9. The third-order valence-electron chi connectivity index (χ3n) is 14.5. The van der Waals surface area contributed by atoms with Gasteiger partial charge < -0.3 is 29.2 Å². The van der Waals surface area contributed by atoms with Gasteiger partial charge in [0.25, 0.3) is 17.7 Å². The highest BCUT2D eigenvalue weighted by Gasteiger charge is 2.64. The predicted octanol–water partition coefficient (Wildman–Crippen LogP) is 4.76. The van der Waals surface area contributed by atoms with Crippen LogP contribution in [0, 0.1) is 41.9 Å². The molecule has 1 aromatic heterocycles. The van der Waals surface area contributed by atoms with Gasteiger partial charge in [-0.15, -0.1) is 0 Å². The van der Waals surface area contributed by atoms with Crippen LogP contribution in [0.25, 0.3) is 0 Å². The molecule has 2 saturated heterocycles. The number of hydrogen-bond donors (Lipinski definition) is 2. The maximum atomic E-state index is 13.6. The molecule has 2 saturated carbocycles. The number of rotatable bonds is 15. The Morgan fingerprint density at radius 2 is 1.56 bits per heavy atom. The number of carbonyl (C=O) groups excluding carboxylic acids is 5. The minimum absolute atomic E-state index is 0.0407. The number of nitriles is 1. The molecular formula is C49H60N8O9. The molecule has 2 N–H and O–H groups in total. The summed E-state index contributed by atoms with van der Waals surface area (Å²) >= 11 is 0. The molecule has 17 heteroatoms. The molecule has 0 bridgehead atoms. The summed E-state index contributed by atoms with van der Waals surface area (Å²) < 4.78 is 24.0. The highest BCUT2D eigenvalue weighted by atomic mass is 16.5. The normalized spacial score (nSPS) is 24.5. The molecule has 4 fully saturated rings. The van der Waals surface area contributed by atoms with E-state index in [1.165, 1.54) is 19.2 Å². The highest BCUT2D eigenvalue weighted by molar-refractivity contribution is 6.23. The van der Waals surface area contributed by atoms with Crippen LogP contribution in [-0.4, -0.2) is 127 Å². The molecule has 0 radical (unpaired) electrons. The molecular weight excluding hydrogens is 845 g/mol. The summed E-state index contributed by atoms with van der Waals surface area (Å²) in [7, 11) is 3.18. The van der Waals surface area contributed by atoms with Crippen LogP contribution in [0.15, 0.2) is 36.7 Å². The number of ether oxygens (including phenoxy) is 4. The van der Waals surface area contributed by atoms with E-state index in [-0.39, 0.29) is 70.7 Å². The number of nitrogens with zero attached hydrogens (tertiary/aromatic N) is 6. The Morgan fingerprint density at radius 1 is 0.909 bits per heavy atom. The van der Waals surface area contributed by atoms with Crippen molar-refractivity contribution >= 4 is 35.4 Å². The Labute approximate surface area is 385 Å². The minimum Gasteiger partial charge on any atom is -0.493 e. The second-order valence-corrected chi connectivity index (χ2v) is 19.6. The molecule has 2 aliphatic carbocycles. The third kappa shape index (κ3) is 8.68. The SMILES string of the molecule is COCCN(CC1CCN(c2cnc(C(=O)NC3C(C)(C)C(Oc4cc(C)c(C#N)c(C)c4)C3(C)C)cn2)CC1)C1CC(Oc2cc3c(cc2OC)C(=O)N(C2CCC(=O)NC2=O)C3=O)C1. The monoisotopic (exact) mass is 904 g/mol. The summed E-state index contributed by atoms with van der Waals surface area (Å²) in [5.74, 6) is 0.0135. The van der Waals surface area contributed by atoms with E-state index in [1.807, 2.05) is 26.0 Å². The number of imide groups is 2. The van der Waals surface area contributed by atoms with Gasteiger partial charge in [0.2, 0.25) is 11.8 Å². The summed E-state index contributed by atoms with van der Waals surface area (Å²) in [6.07, 6.45) is 6.49. The predicted molar refractivity (Wildman–Crippen MR) is 241 cm³/mol. The first kappa shape index (κ1) is 46.4. The molecule has 66 heavy (non-hydrogen) atoms. The van der Waals surface area contributed by atoms with Gasteiger partial charge in [-0.25, -0.2) is 9.97 Å². The number of fused-ring (bicyclic) bond motifs is 1. The fourth-order valence-electron chi connectivity index (χ4n) is 11.1. The van der Waals surface area contributed by atoms with Crippen molar-refractivity contribution in [3.63, 3.8) is 0 Å². The van der Waals surface area contributed by atoms with E-state index in [9.17, 15) is 29.2 Å². The molecule has 3 aliphatic heterocycles. The lowest BCUT2D eigenvalue weighted by Crippen LogP contribution is -2.74. The largest absolute Gasteiger partial charge is 0.493 e. The van der Waals surface area contributed by atoms with Crippen molar-refractivity contribution < 1.29 is 42.9 Å². The Balaban J connectivity index is 0.821. The van der Waals surface area contributed by atoms with Crippen LogP contribution in [0.2, 0.25) is 0 Å². The fraction of sp³-hybridized carbons (Fsp3) is 0.551. The summed E-state index contributed by atoms with van der Waals surface area (Å²) in [5, 5.41) is 14.9. The fourth-order valence-corrected chi connectivity index (χ4v) is 11.1. The highest BCUT2D eigenvalue weighted by Crippen LogP contribution is 2.55. The van der Waals surface area contributed by atoms with Crippen LogP contribution in [-0.2, 0) is 14.3 Å². The van der Waals surface area contributed by atoms with Crippen molar-refractivity contribution in [2.45, 2.75) is 110 Å². The second kappa shape index (κ2) is 18.3. The molecule has 8 rings (SSSR count). The molecule has 350 valence electrons. The molecule has 1 atom stereocenters. The number of aryl methyl sites for hydroxylation is 2. The first-order valence-electron chi connectivity index (χ1n) is 22.8. The van der Waals surface area contributed by atoms with Gasteiger partial charge in [0.15, 0.2) is 11.5 Å². The first-order valence-corrected chi connectivity index (χ1v) is 22.8. The number of methoxy groups -OCH3 is 2. The van der Waals surface area contributed by atoms with Gasteiger partial charge in [0, 0.05) is 75.5 Å². The van der Waals surface area contributed by atoms with Crippen molar-refractivity contribution in [2.24, 2.45) is 16.7 Å². The molecule has 1 unspecified atom stereocenters. The maximum Gasteiger partial charge on any atom is 0.271 e. The van der Waals surface area contributed by atoms with Gasteiger partial charge in [-0.3, -0.25) is 39.1 Å². The summed E-state index contributed by atoms with van der Waals surface area (Å²) in [6, 6.07) is 8.12. The lowest BCUT2D eigenvalue weighted by molar-refractivity contribution is -0.164. The number of hydrogen-bond acceptors (Lipinski definition) is 14. The van der Waals surface area contributed by atoms with E-state index in [1.54, 1.807) is 19.5 Å². The average molecular weight is 905 g/mol. The number of aromatic nitrogens is 2. The van der Waals surface area contributed by atoms with Gasteiger partial charge in [-0.2, -0.15) is 5.26 Å². The van der Waals surface area contributed by atoms with E-state index in [0.29, 0.717) is 35.3 Å². The van der Waals surface area contributed by atoms with Crippen LogP contribution < -0.4 is 29.7 Å². The zero-order valence-electron chi connectivity index (χ0n) is 39.1. The lowest BCUT2D eigenvalue weighted by atomic mass is 9.49. The second-order valence-electron chi connectivity index (χ2n) is 19.6. The lowest BCUT2D eigenvalue weighted by Gasteiger charge is -2.63. The van der Waals surface area contributed by atoms with Crippen LogP contribution >= 0.6 is 0 Å². The first-order chi connectivity index (χ1) is 31.4. The number of amides is 5. The summed E-state index contributed by atoms with van der Waals surface area (Å²) in [4.78, 5) is 79.5. The molecule has 0 spiro atoms. The maximum absolute atomic E-state index is 13.6. The van der Waals surface area contributed by atoms with Gasteiger partial charge in [-0.05, 0) is 74.4 Å². The van der Waals surface area contributed by atoms with Gasteiger partial charge >= 0.3 is 0 Å². The van der Waals surface area contributed by atoms with Gasteiger partial charge in [0.05, 0.1) is 48.9 Å². The van der Waals surface area contributed by atoms with Crippen molar-refractivity contribution in [3.8, 4) is 23.3 Å². The molecule has 5 aliphatic rings. The number of benzene rings is 2. The standard InChI is InChI=1S/C49H60N8O9/c1-27-17-31(18-28(2)35(27)23-50)66-47-48(3,4)46(49(47,5)6)54-42(59)36-24-52-40(25-51-36)55-13-11-29(12-14-55)26-56(15-16-63-7)30-19-32(20-30)65-39-22-34-33(21-38(39)64-8)44(61)57(45(34)62)37-9-10-41(58)53-43(37)60/h17-18,21-22,24-25,29-30,32,37,46-47H,9-16,19-20,26H2,1-8H3,(H,54,59)(H,53,58,60). The Bertz CT molecular complexity index is 2410. The van der Waals surface area contributed by atoms with Crippen LogP contribution in [0.3, 0.4) is 0 Å².